The maximum Gasteiger partial charge on any atom is 0.262 e. The Kier molecular flexibility index (Phi) is 5.77. The summed E-state index contributed by atoms with van der Waals surface area (Å²) in [5.74, 6) is -1.10. The second kappa shape index (κ2) is 8.50. The molecule has 1 aromatic carbocycles. The van der Waals surface area contributed by atoms with Crippen LogP contribution in [0.4, 0.5) is 5.95 Å². The van der Waals surface area contributed by atoms with Gasteiger partial charge in [0.1, 0.15) is 10.9 Å². The number of aromatic amines is 1. The van der Waals surface area contributed by atoms with Crippen molar-refractivity contribution in [2.75, 3.05) is 5.73 Å². The third-order valence-electron chi connectivity index (χ3n) is 4.45. The summed E-state index contributed by atoms with van der Waals surface area (Å²) in [6.45, 7) is 0. The molecule has 1 unspecified atom stereocenters. The van der Waals surface area contributed by atoms with Gasteiger partial charge in [-0.3, -0.25) is 9.59 Å². The molecule has 0 aliphatic rings. The minimum absolute atomic E-state index is 0.0385. The molecule has 0 aliphatic heterocycles. The normalized spacial score (nSPS) is 12.1. The summed E-state index contributed by atoms with van der Waals surface area (Å²) in [6.07, 6.45) is 3.22. The van der Waals surface area contributed by atoms with E-state index in [1.165, 1.54) is 6.33 Å². The molecule has 3 aromatic heterocycles. The van der Waals surface area contributed by atoms with Crippen molar-refractivity contribution in [2.24, 2.45) is 5.73 Å². The van der Waals surface area contributed by atoms with E-state index in [4.69, 9.17) is 34.7 Å². The number of hydrogen-bond acceptors (Lipinski definition) is 7. The second-order valence-corrected chi connectivity index (χ2v) is 8.47. The lowest BCUT2D eigenvalue weighted by Gasteiger charge is -2.13. The van der Waals surface area contributed by atoms with Crippen LogP contribution in [0, 0.1) is 0 Å². The number of rotatable bonds is 6. The number of nitrogens with two attached hydrogens (primary N) is 2. The van der Waals surface area contributed by atoms with Crippen LogP contribution < -0.4 is 16.8 Å². The molecule has 0 bridgehead atoms. The van der Waals surface area contributed by atoms with Crippen molar-refractivity contribution in [1.29, 1.82) is 0 Å². The van der Waals surface area contributed by atoms with Gasteiger partial charge in [-0.1, -0.05) is 23.2 Å². The maximum atomic E-state index is 12.8. The van der Waals surface area contributed by atoms with E-state index in [-0.39, 0.29) is 12.4 Å². The fourth-order valence-corrected chi connectivity index (χ4v) is 4.44. The first-order valence-electron chi connectivity index (χ1n) is 8.91. The number of primary amides is 1. The molecule has 0 radical (unpaired) electrons. The molecule has 4 aromatic rings. The molecule has 0 aliphatic carbocycles. The van der Waals surface area contributed by atoms with Gasteiger partial charge in [0.2, 0.25) is 11.9 Å². The third kappa shape index (κ3) is 4.46. The van der Waals surface area contributed by atoms with E-state index in [1.54, 1.807) is 30.5 Å². The molecule has 4 rings (SSSR count). The van der Waals surface area contributed by atoms with Crippen molar-refractivity contribution >= 4 is 62.5 Å². The van der Waals surface area contributed by atoms with Crippen LogP contribution in [0.3, 0.4) is 0 Å². The highest BCUT2D eigenvalue weighted by Crippen LogP contribution is 2.36. The van der Waals surface area contributed by atoms with Gasteiger partial charge in [0.25, 0.3) is 5.91 Å². The molecule has 3 heterocycles. The SMILES string of the molecule is NC(=O)C(Cc1cnc[nH]1)NC(=O)c1cc2c(-c3ccc(Cl)cc3Cl)nc(N)nc2s1. The lowest BCUT2D eigenvalue weighted by Crippen LogP contribution is -2.45. The van der Waals surface area contributed by atoms with Gasteiger partial charge in [-0.15, -0.1) is 11.3 Å². The Labute approximate surface area is 189 Å². The average molecular weight is 476 g/mol. The summed E-state index contributed by atoms with van der Waals surface area (Å²) in [4.78, 5) is 40.8. The van der Waals surface area contributed by atoms with Crippen LogP contribution in [-0.4, -0.2) is 37.8 Å². The molecule has 12 heteroatoms. The van der Waals surface area contributed by atoms with Crippen molar-refractivity contribution in [3.05, 3.63) is 57.4 Å². The number of thiophene rings is 1. The summed E-state index contributed by atoms with van der Waals surface area (Å²) in [6, 6.07) is 5.70. The molecule has 2 amide bonds. The first-order valence-corrected chi connectivity index (χ1v) is 10.5. The number of amides is 2. The van der Waals surface area contributed by atoms with E-state index in [1.807, 2.05) is 0 Å². The number of hydrogen-bond donors (Lipinski definition) is 4. The quantitative estimate of drug-likeness (QED) is 0.336. The number of nitrogen functional groups attached to an aromatic ring is 1. The summed E-state index contributed by atoms with van der Waals surface area (Å²) in [5.41, 5.74) is 13.1. The van der Waals surface area contributed by atoms with Crippen LogP contribution in [0.1, 0.15) is 15.4 Å². The first kappa shape index (κ1) is 21.0. The van der Waals surface area contributed by atoms with E-state index in [9.17, 15) is 9.59 Å². The standard InChI is InChI=1S/C19H15Cl2N7O2S/c20-8-1-2-10(12(21)3-8)15-11-5-14(31-18(11)28-19(23)27-15)17(30)26-13(16(22)29)4-9-6-24-7-25-9/h1-3,5-7,13H,4H2,(H2,22,29)(H,24,25)(H,26,30)(H2,23,27,28). The van der Waals surface area contributed by atoms with Crippen LogP contribution in [0.15, 0.2) is 36.8 Å². The van der Waals surface area contributed by atoms with Crippen LogP contribution in [-0.2, 0) is 11.2 Å². The van der Waals surface area contributed by atoms with Crippen LogP contribution in [0.5, 0.6) is 0 Å². The highest BCUT2D eigenvalue weighted by atomic mass is 35.5. The number of fused-ring (bicyclic) bond motifs is 1. The van der Waals surface area contributed by atoms with Crippen molar-refractivity contribution in [3.63, 3.8) is 0 Å². The Bertz CT molecular complexity index is 1290. The smallest absolute Gasteiger partial charge is 0.262 e. The van der Waals surface area contributed by atoms with Crippen LogP contribution >= 0.6 is 34.5 Å². The molecule has 31 heavy (non-hydrogen) atoms. The molecule has 0 spiro atoms. The first-order chi connectivity index (χ1) is 14.8. The minimum atomic E-state index is -0.917. The van der Waals surface area contributed by atoms with Crippen molar-refractivity contribution in [3.8, 4) is 11.3 Å². The van der Waals surface area contributed by atoms with Gasteiger partial charge < -0.3 is 21.8 Å². The highest BCUT2D eigenvalue weighted by molar-refractivity contribution is 7.20. The van der Waals surface area contributed by atoms with E-state index >= 15 is 0 Å². The summed E-state index contributed by atoms with van der Waals surface area (Å²) in [5, 5.41) is 4.11. The van der Waals surface area contributed by atoms with Gasteiger partial charge >= 0.3 is 0 Å². The van der Waals surface area contributed by atoms with Crippen LogP contribution in [0.25, 0.3) is 21.5 Å². The molecule has 6 N–H and O–H groups in total. The van der Waals surface area contributed by atoms with E-state index < -0.39 is 17.9 Å². The number of halogens is 2. The van der Waals surface area contributed by atoms with Gasteiger partial charge in [-0.05, 0) is 24.3 Å². The van der Waals surface area contributed by atoms with Gasteiger partial charge in [-0.25, -0.2) is 15.0 Å². The van der Waals surface area contributed by atoms with Crippen molar-refractivity contribution < 1.29 is 9.59 Å². The zero-order valence-corrected chi connectivity index (χ0v) is 18.1. The predicted octanol–water partition coefficient (Wildman–Crippen LogP) is 2.80. The fourth-order valence-electron chi connectivity index (χ4n) is 3.01. The predicted molar refractivity (Wildman–Crippen MR) is 120 cm³/mol. The maximum absolute atomic E-state index is 12.8. The van der Waals surface area contributed by atoms with Crippen molar-refractivity contribution in [1.82, 2.24) is 25.3 Å². The zero-order chi connectivity index (χ0) is 22.1. The Morgan fingerprint density at radius 1 is 1.23 bits per heavy atom. The molecular formula is C19H15Cl2N7O2S. The number of carbonyl (C=O) groups is 2. The highest BCUT2D eigenvalue weighted by Gasteiger charge is 2.23. The third-order valence-corrected chi connectivity index (χ3v) is 6.02. The molecule has 0 saturated carbocycles. The topological polar surface area (TPSA) is 153 Å². The number of imidazole rings is 1. The number of aromatic nitrogens is 4. The number of benzene rings is 1. The van der Waals surface area contributed by atoms with Gasteiger partial charge in [-0.2, -0.15) is 0 Å². The second-order valence-electron chi connectivity index (χ2n) is 6.59. The number of anilines is 1. The number of H-pyrrole nitrogens is 1. The van der Waals surface area contributed by atoms with Gasteiger partial charge in [0, 0.05) is 34.3 Å². The lowest BCUT2D eigenvalue weighted by molar-refractivity contribution is -0.119. The fraction of sp³-hybridized carbons (Fsp3) is 0.105. The molecule has 158 valence electrons. The lowest BCUT2D eigenvalue weighted by atomic mass is 10.1. The van der Waals surface area contributed by atoms with E-state index in [0.717, 1.165) is 11.3 Å². The minimum Gasteiger partial charge on any atom is -0.368 e. The number of carbonyl (C=O) groups excluding carboxylic acids is 2. The van der Waals surface area contributed by atoms with Gasteiger partial charge in [0.15, 0.2) is 0 Å². The number of nitrogens with zero attached hydrogens (tertiary/aromatic N) is 3. The van der Waals surface area contributed by atoms with E-state index in [0.29, 0.717) is 42.1 Å². The van der Waals surface area contributed by atoms with Gasteiger partial charge in [0.05, 0.1) is 21.9 Å². The Hall–Kier alpha value is -3.21. The largest absolute Gasteiger partial charge is 0.368 e. The molecule has 1 atom stereocenters. The zero-order valence-electron chi connectivity index (χ0n) is 15.7. The monoisotopic (exact) mass is 475 g/mol. The Morgan fingerprint density at radius 2 is 2.03 bits per heavy atom. The summed E-state index contributed by atoms with van der Waals surface area (Å²) in [7, 11) is 0. The average Bonchev–Trinajstić information content (AvgIpc) is 3.36. The molecular weight excluding hydrogens is 461 g/mol. The van der Waals surface area contributed by atoms with Crippen molar-refractivity contribution in [2.45, 2.75) is 12.5 Å². The summed E-state index contributed by atoms with van der Waals surface area (Å²) >= 11 is 13.4. The molecule has 0 fully saturated rings. The molecule has 0 saturated heterocycles. The Balaban J connectivity index is 1.68. The number of nitrogens with one attached hydrogen (secondary N) is 2. The molecule has 9 nitrogen and oxygen atoms in total. The van der Waals surface area contributed by atoms with E-state index in [2.05, 4.69) is 25.3 Å². The van der Waals surface area contributed by atoms with Crippen LogP contribution in [0.2, 0.25) is 10.0 Å². The Morgan fingerprint density at radius 3 is 2.71 bits per heavy atom. The summed E-state index contributed by atoms with van der Waals surface area (Å²) < 4.78 is 0.